The molecule has 21 heavy (non-hydrogen) atoms. The molecule has 0 aliphatic carbocycles. The molecule has 0 heterocycles. The van der Waals surface area contributed by atoms with Crippen LogP contribution in [0, 0.1) is 0 Å². The summed E-state index contributed by atoms with van der Waals surface area (Å²) in [5.74, 6) is -0.0602. The number of amides is 3. The van der Waals surface area contributed by atoms with Crippen molar-refractivity contribution in [2.75, 3.05) is 0 Å². The molecule has 0 aliphatic rings. The van der Waals surface area contributed by atoms with Gasteiger partial charge in [0.1, 0.15) is 0 Å². The first kappa shape index (κ1) is 17.0. The topological polar surface area (TPSA) is 84.2 Å². The minimum absolute atomic E-state index is 0.0602. The quantitative estimate of drug-likeness (QED) is 0.721. The van der Waals surface area contributed by atoms with Gasteiger partial charge in [-0.1, -0.05) is 32.9 Å². The van der Waals surface area contributed by atoms with Crippen LogP contribution < -0.4 is 16.4 Å². The molecule has 0 bridgehead atoms. The molecule has 0 atom stereocenters. The van der Waals surface area contributed by atoms with E-state index < -0.39 is 6.03 Å². The van der Waals surface area contributed by atoms with Gasteiger partial charge in [-0.25, -0.2) is 4.79 Å². The van der Waals surface area contributed by atoms with Gasteiger partial charge < -0.3 is 16.4 Å². The monoisotopic (exact) mass is 291 g/mol. The molecule has 1 aromatic rings. The molecule has 1 rings (SSSR count). The summed E-state index contributed by atoms with van der Waals surface area (Å²) in [5.41, 5.74) is 6.41. The molecule has 0 fully saturated rings. The Kier molecular flexibility index (Phi) is 6.21. The zero-order valence-electron chi connectivity index (χ0n) is 13.0. The molecule has 116 valence electrons. The first-order valence-electron chi connectivity index (χ1n) is 7.41. The smallest absolute Gasteiger partial charge is 0.312 e. The van der Waals surface area contributed by atoms with Crippen molar-refractivity contribution in [3.05, 3.63) is 35.4 Å². The van der Waals surface area contributed by atoms with Gasteiger partial charge in [-0.15, -0.1) is 0 Å². The molecule has 0 saturated carbocycles. The summed E-state index contributed by atoms with van der Waals surface area (Å²) in [6.07, 6.45) is 2.73. The van der Waals surface area contributed by atoms with Crippen molar-refractivity contribution in [1.29, 1.82) is 0 Å². The second-order valence-electron chi connectivity index (χ2n) is 5.21. The molecule has 5 nitrogen and oxygen atoms in total. The van der Waals surface area contributed by atoms with Crippen LogP contribution in [0.25, 0.3) is 0 Å². The number of benzene rings is 1. The Morgan fingerprint density at radius 3 is 2.00 bits per heavy atom. The van der Waals surface area contributed by atoms with Gasteiger partial charge in [0.05, 0.1) is 0 Å². The minimum Gasteiger partial charge on any atom is -0.352 e. The maximum atomic E-state index is 12.3. The van der Waals surface area contributed by atoms with Crippen LogP contribution in [-0.2, 0) is 6.54 Å². The summed E-state index contributed by atoms with van der Waals surface area (Å²) in [5, 5.41) is 5.65. The number of primary amides is 1. The van der Waals surface area contributed by atoms with Gasteiger partial charge >= 0.3 is 6.03 Å². The summed E-state index contributed by atoms with van der Waals surface area (Å²) >= 11 is 0. The Morgan fingerprint density at radius 1 is 1.05 bits per heavy atom. The van der Waals surface area contributed by atoms with Crippen LogP contribution in [0.2, 0.25) is 0 Å². The van der Waals surface area contributed by atoms with Crippen LogP contribution in [0.15, 0.2) is 24.3 Å². The SMILES string of the molecule is CCC(CC)(CC)NC(=O)c1ccc(CNC(N)=O)cc1. The predicted molar refractivity (Wildman–Crippen MR) is 83.9 cm³/mol. The first-order valence-corrected chi connectivity index (χ1v) is 7.41. The lowest BCUT2D eigenvalue weighted by atomic mass is 9.89. The number of carbonyl (C=O) groups is 2. The summed E-state index contributed by atoms with van der Waals surface area (Å²) in [7, 11) is 0. The molecule has 3 amide bonds. The standard InChI is InChI=1S/C16H25N3O2/c1-4-16(5-2,6-3)19-14(20)13-9-7-12(8-10-13)11-18-15(17)21/h7-10H,4-6,11H2,1-3H3,(H,19,20)(H3,17,18,21). The highest BCUT2D eigenvalue weighted by molar-refractivity contribution is 5.94. The Bertz CT molecular complexity index is 471. The van der Waals surface area contributed by atoms with E-state index in [1.807, 2.05) is 12.1 Å². The second kappa shape index (κ2) is 7.67. The zero-order chi connectivity index (χ0) is 15.9. The Hall–Kier alpha value is -2.04. The number of urea groups is 1. The van der Waals surface area contributed by atoms with Crippen LogP contribution >= 0.6 is 0 Å². The maximum Gasteiger partial charge on any atom is 0.312 e. The van der Waals surface area contributed by atoms with Crippen LogP contribution in [0.3, 0.4) is 0 Å². The molecular formula is C16H25N3O2. The van der Waals surface area contributed by atoms with Crippen molar-refractivity contribution in [3.8, 4) is 0 Å². The Morgan fingerprint density at radius 2 is 1.57 bits per heavy atom. The molecular weight excluding hydrogens is 266 g/mol. The minimum atomic E-state index is -0.560. The third kappa shape index (κ3) is 4.77. The van der Waals surface area contributed by atoms with Crippen LogP contribution in [0.1, 0.15) is 56.0 Å². The van der Waals surface area contributed by atoms with Crippen molar-refractivity contribution in [2.24, 2.45) is 5.73 Å². The summed E-state index contributed by atoms with van der Waals surface area (Å²) in [6, 6.07) is 6.60. The van der Waals surface area contributed by atoms with Gasteiger partial charge in [0.25, 0.3) is 5.91 Å². The number of rotatable bonds is 7. The lowest BCUT2D eigenvalue weighted by molar-refractivity contribution is 0.0888. The van der Waals surface area contributed by atoms with E-state index in [0.29, 0.717) is 12.1 Å². The molecule has 0 aliphatic heterocycles. The van der Waals surface area contributed by atoms with Gasteiger partial charge in [0.2, 0.25) is 0 Å². The highest BCUT2D eigenvalue weighted by Gasteiger charge is 2.26. The lowest BCUT2D eigenvalue weighted by Gasteiger charge is -2.31. The van der Waals surface area contributed by atoms with Crippen molar-refractivity contribution in [2.45, 2.75) is 52.1 Å². The molecule has 5 heteroatoms. The van der Waals surface area contributed by atoms with E-state index in [1.165, 1.54) is 0 Å². The number of nitrogens with two attached hydrogens (primary N) is 1. The Labute approximate surface area is 126 Å². The summed E-state index contributed by atoms with van der Waals surface area (Å²) < 4.78 is 0. The average Bonchev–Trinajstić information content (AvgIpc) is 2.51. The van der Waals surface area contributed by atoms with E-state index >= 15 is 0 Å². The van der Waals surface area contributed by atoms with Crippen molar-refractivity contribution in [3.63, 3.8) is 0 Å². The fraction of sp³-hybridized carbons (Fsp3) is 0.500. The van der Waals surface area contributed by atoms with E-state index in [9.17, 15) is 9.59 Å². The van der Waals surface area contributed by atoms with Gasteiger partial charge in [-0.05, 0) is 37.0 Å². The highest BCUT2D eigenvalue weighted by Crippen LogP contribution is 2.20. The largest absolute Gasteiger partial charge is 0.352 e. The number of hydrogen-bond donors (Lipinski definition) is 3. The fourth-order valence-electron chi connectivity index (χ4n) is 2.29. The number of carbonyl (C=O) groups excluding carboxylic acids is 2. The molecule has 1 aromatic carbocycles. The van der Waals surface area contributed by atoms with Crippen molar-refractivity contribution in [1.82, 2.24) is 10.6 Å². The molecule has 0 unspecified atom stereocenters. The molecule has 4 N–H and O–H groups in total. The molecule has 0 aromatic heterocycles. The Balaban J connectivity index is 2.73. The second-order valence-corrected chi connectivity index (χ2v) is 5.21. The van der Waals surface area contributed by atoms with Crippen LogP contribution in [-0.4, -0.2) is 17.5 Å². The third-order valence-electron chi connectivity index (χ3n) is 4.09. The van der Waals surface area contributed by atoms with Crippen LogP contribution in [0.5, 0.6) is 0 Å². The first-order chi connectivity index (χ1) is 9.96. The molecule has 0 saturated heterocycles. The summed E-state index contributed by atoms with van der Waals surface area (Å²) in [4.78, 5) is 23.0. The third-order valence-corrected chi connectivity index (χ3v) is 4.09. The fourth-order valence-corrected chi connectivity index (χ4v) is 2.29. The van der Waals surface area contributed by atoms with E-state index in [-0.39, 0.29) is 11.4 Å². The zero-order valence-corrected chi connectivity index (χ0v) is 13.0. The van der Waals surface area contributed by atoms with Crippen molar-refractivity contribution >= 4 is 11.9 Å². The average molecular weight is 291 g/mol. The van der Waals surface area contributed by atoms with E-state index in [1.54, 1.807) is 12.1 Å². The molecule has 0 spiro atoms. The van der Waals surface area contributed by atoms with E-state index in [0.717, 1.165) is 24.8 Å². The van der Waals surface area contributed by atoms with E-state index in [2.05, 4.69) is 31.4 Å². The van der Waals surface area contributed by atoms with Crippen molar-refractivity contribution < 1.29 is 9.59 Å². The predicted octanol–water partition coefficient (Wildman–Crippen LogP) is 2.55. The number of nitrogens with one attached hydrogen (secondary N) is 2. The van der Waals surface area contributed by atoms with Gasteiger partial charge in [0.15, 0.2) is 0 Å². The highest BCUT2D eigenvalue weighted by atomic mass is 16.2. The van der Waals surface area contributed by atoms with Gasteiger partial charge in [-0.2, -0.15) is 0 Å². The lowest BCUT2D eigenvalue weighted by Crippen LogP contribution is -2.47. The van der Waals surface area contributed by atoms with E-state index in [4.69, 9.17) is 5.73 Å². The van der Waals surface area contributed by atoms with Gasteiger partial charge in [-0.3, -0.25) is 4.79 Å². The number of hydrogen-bond acceptors (Lipinski definition) is 2. The molecule has 0 radical (unpaired) electrons. The summed E-state index contributed by atoms with van der Waals surface area (Å²) in [6.45, 7) is 6.63. The maximum absolute atomic E-state index is 12.3. The van der Waals surface area contributed by atoms with Crippen LogP contribution in [0.4, 0.5) is 4.79 Å². The van der Waals surface area contributed by atoms with Gasteiger partial charge in [0, 0.05) is 17.6 Å². The normalized spacial score (nSPS) is 11.0.